The second-order valence-electron chi connectivity index (χ2n) is 5.88. The first-order valence-electron chi connectivity index (χ1n) is 7.38. The summed E-state index contributed by atoms with van der Waals surface area (Å²) >= 11 is 5.87. The summed E-state index contributed by atoms with van der Waals surface area (Å²) in [6.07, 6.45) is 1.83. The molecule has 1 saturated carbocycles. The first-order chi connectivity index (χ1) is 10.4. The Morgan fingerprint density at radius 2 is 2.05 bits per heavy atom. The number of hydrogen-bond acceptors (Lipinski definition) is 4. The van der Waals surface area contributed by atoms with Crippen molar-refractivity contribution in [1.82, 2.24) is 15.3 Å². The van der Waals surface area contributed by atoms with Gasteiger partial charge >= 0.3 is 0 Å². The molecule has 120 valence electrons. The molecule has 1 aromatic heterocycles. The normalized spacial score (nSPS) is 20.8. The molecule has 5 nitrogen and oxygen atoms in total. The number of anilines is 1. The van der Waals surface area contributed by atoms with E-state index in [2.05, 4.69) is 15.3 Å². The summed E-state index contributed by atoms with van der Waals surface area (Å²) in [7, 11) is 0. The quantitative estimate of drug-likeness (QED) is 0.862. The number of amides is 1. The molecule has 1 aliphatic carbocycles. The van der Waals surface area contributed by atoms with Gasteiger partial charge in [-0.1, -0.05) is 0 Å². The average molecular weight is 331 g/mol. The summed E-state index contributed by atoms with van der Waals surface area (Å²) < 4.78 is 26.4. The Bertz CT molecular complexity index is 570. The van der Waals surface area contributed by atoms with E-state index in [1.54, 1.807) is 4.90 Å². The Morgan fingerprint density at radius 3 is 2.68 bits per heavy atom. The van der Waals surface area contributed by atoms with Crippen molar-refractivity contribution in [2.24, 2.45) is 5.92 Å². The Morgan fingerprint density at radius 1 is 1.36 bits per heavy atom. The fourth-order valence-electron chi connectivity index (χ4n) is 2.40. The SMILES string of the molecule is O=C(NCC1CC1)c1cc(N2CCC(F)(F)CC2)nc(Cl)n1. The molecule has 1 aromatic rings. The van der Waals surface area contributed by atoms with E-state index in [-0.39, 0.29) is 42.8 Å². The number of aromatic nitrogens is 2. The van der Waals surface area contributed by atoms with Crippen LogP contribution >= 0.6 is 11.6 Å². The number of hydrogen-bond donors (Lipinski definition) is 1. The molecule has 1 amide bonds. The van der Waals surface area contributed by atoms with Gasteiger partial charge in [-0.05, 0) is 30.4 Å². The molecule has 0 aromatic carbocycles. The Balaban J connectivity index is 1.70. The maximum atomic E-state index is 13.2. The number of alkyl halides is 2. The van der Waals surface area contributed by atoms with E-state index in [0.717, 1.165) is 12.8 Å². The highest BCUT2D eigenvalue weighted by molar-refractivity contribution is 6.28. The third kappa shape index (κ3) is 3.82. The first kappa shape index (κ1) is 15.4. The van der Waals surface area contributed by atoms with E-state index in [4.69, 9.17) is 11.6 Å². The van der Waals surface area contributed by atoms with Crippen LogP contribution in [0.15, 0.2) is 6.07 Å². The number of halogens is 3. The van der Waals surface area contributed by atoms with Crippen LogP contribution in [0, 0.1) is 5.92 Å². The molecule has 0 radical (unpaired) electrons. The Hall–Kier alpha value is -1.50. The molecule has 2 heterocycles. The van der Waals surface area contributed by atoms with Crippen LogP contribution in [0.5, 0.6) is 0 Å². The molecule has 22 heavy (non-hydrogen) atoms. The van der Waals surface area contributed by atoms with E-state index in [1.165, 1.54) is 6.07 Å². The van der Waals surface area contributed by atoms with Crippen molar-refractivity contribution in [3.05, 3.63) is 17.0 Å². The van der Waals surface area contributed by atoms with Crippen molar-refractivity contribution in [2.45, 2.75) is 31.6 Å². The van der Waals surface area contributed by atoms with Crippen LogP contribution < -0.4 is 10.2 Å². The highest BCUT2D eigenvalue weighted by atomic mass is 35.5. The number of piperidine rings is 1. The zero-order chi connectivity index (χ0) is 15.7. The minimum absolute atomic E-state index is 0.0496. The van der Waals surface area contributed by atoms with Crippen LogP contribution in [0.25, 0.3) is 0 Å². The second kappa shape index (κ2) is 5.95. The molecule has 8 heteroatoms. The maximum Gasteiger partial charge on any atom is 0.270 e. The molecular formula is C14H17ClF2N4O. The minimum Gasteiger partial charge on any atom is -0.356 e. The fraction of sp³-hybridized carbons (Fsp3) is 0.643. The van der Waals surface area contributed by atoms with Gasteiger partial charge in [0.15, 0.2) is 0 Å². The van der Waals surface area contributed by atoms with E-state index in [0.29, 0.717) is 18.3 Å². The van der Waals surface area contributed by atoms with Crippen molar-refractivity contribution < 1.29 is 13.6 Å². The van der Waals surface area contributed by atoms with Gasteiger partial charge in [-0.15, -0.1) is 0 Å². The lowest BCUT2D eigenvalue weighted by Gasteiger charge is -2.32. The van der Waals surface area contributed by atoms with Gasteiger partial charge in [0.05, 0.1) is 0 Å². The number of carbonyl (C=O) groups is 1. The van der Waals surface area contributed by atoms with Crippen LogP contribution in [-0.4, -0.2) is 41.4 Å². The lowest BCUT2D eigenvalue weighted by molar-refractivity contribution is -0.0221. The van der Waals surface area contributed by atoms with Crippen LogP contribution in [0.3, 0.4) is 0 Å². The summed E-state index contributed by atoms with van der Waals surface area (Å²) in [5, 5.41) is 2.76. The van der Waals surface area contributed by atoms with Gasteiger partial charge in [0.25, 0.3) is 11.8 Å². The topological polar surface area (TPSA) is 58.1 Å². The van der Waals surface area contributed by atoms with Gasteiger partial charge in [-0.3, -0.25) is 4.79 Å². The summed E-state index contributed by atoms with van der Waals surface area (Å²) in [5.41, 5.74) is 0.174. The number of rotatable bonds is 4. The zero-order valence-corrected chi connectivity index (χ0v) is 12.7. The molecule has 2 aliphatic rings. The molecule has 2 fully saturated rings. The molecule has 0 atom stereocenters. The van der Waals surface area contributed by atoms with Crippen molar-refractivity contribution in [2.75, 3.05) is 24.5 Å². The molecule has 1 saturated heterocycles. The predicted molar refractivity (Wildman–Crippen MR) is 78.5 cm³/mol. The maximum absolute atomic E-state index is 13.2. The summed E-state index contributed by atoms with van der Waals surface area (Å²) in [4.78, 5) is 21.8. The first-order valence-corrected chi connectivity index (χ1v) is 7.76. The second-order valence-corrected chi connectivity index (χ2v) is 6.21. The molecule has 1 N–H and O–H groups in total. The van der Waals surface area contributed by atoms with Crippen molar-refractivity contribution in [3.63, 3.8) is 0 Å². The highest BCUT2D eigenvalue weighted by Crippen LogP contribution is 2.30. The lowest BCUT2D eigenvalue weighted by Crippen LogP contribution is -2.40. The van der Waals surface area contributed by atoms with Crippen molar-refractivity contribution >= 4 is 23.3 Å². The largest absolute Gasteiger partial charge is 0.356 e. The predicted octanol–water partition coefficient (Wildman–Crippen LogP) is 2.51. The third-order valence-electron chi connectivity index (χ3n) is 3.99. The molecule has 0 bridgehead atoms. The van der Waals surface area contributed by atoms with E-state index in [9.17, 15) is 13.6 Å². The third-order valence-corrected chi connectivity index (χ3v) is 4.15. The zero-order valence-electron chi connectivity index (χ0n) is 12.0. The monoisotopic (exact) mass is 330 g/mol. The van der Waals surface area contributed by atoms with Crippen molar-refractivity contribution in [3.8, 4) is 0 Å². The Kier molecular flexibility index (Phi) is 4.16. The van der Waals surface area contributed by atoms with Crippen LogP contribution in [0.4, 0.5) is 14.6 Å². The average Bonchev–Trinajstić information content (AvgIpc) is 3.28. The van der Waals surface area contributed by atoms with Gasteiger partial charge in [0.2, 0.25) is 5.28 Å². The number of nitrogens with zero attached hydrogens (tertiary/aromatic N) is 3. The molecular weight excluding hydrogens is 314 g/mol. The Labute approximate surface area is 132 Å². The molecule has 0 unspecified atom stereocenters. The number of carbonyl (C=O) groups excluding carboxylic acids is 1. The number of nitrogens with one attached hydrogen (secondary N) is 1. The van der Waals surface area contributed by atoms with Gasteiger partial charge < -0.3 is 10.2 Å². The van der Waals surface area contributed by atoms with Gasteiger partial charge in [-0.25, -0.2) is 18.7 Å². The van der Waals surface area contributed by atoms with E-state index >= 15 is 0 Å². The van der Waals surface area contributed by atoms with Crippen molar-refractivity contribution in [1.29, 1.82) is 0 Å². The van der Waals surface area contributed by atoms with Gasteiger partial charge in [0.1, 0.15) is 11.5 Å². The standard InChI is InChI=1S/C14H17ClF2N4O/c15-13-19-10(12(22)18-8-9-1-2-9)7-11(20-13)21-5-3-14(16,17)4-6-21/h7,9H,1-6,8H2,(H,18,22). The van der Waals surface area contributed by atoms with Crippen LogP contribution in [0.1, 0.15) is 36.2 Å². The molecule has 1 aliphatic heterocycles. The smallest absolute Gasteiger partial charge is 0.270 e. The van der Waals surface area contributed by atoms with Gasteiger partial charge in [0, 0.05) is 38.5 Å². The molecule has 3 rings (SSSR count). The van der Waals surface area contributed by atoms with Crippen LogP contribution in [-0.2, 0) is 0 Å². The summed E-state index contributed by atoms with van der Waals surface area (Å²) in [6, 6.07) is 1.51. The fourth-order valence-corrected chi connectivity index (χ4v) is 2.57. The lowest BCUT2D eigenvalue weighted by atomic mass is 10.1. The summed E-state index contributed by atoms with van der Waals surface area (Å²) in [6.45, 7) is 0.999. The van der Waals surface area contributed by atoms with E-state index < -0.39 is 5.92 Å². The minimum atomic E-state index is -2.63. The highest BCUT2D eigenvalue weighted by Gasteiger charge is 2.34. The van der Waals surface area contributed by atoms with E-state index in [1.807, 2.05) is 0 Å². The summed E-state index contributed by atoms with van der Waals surface area (Å²) in [5.74, 6) is -1.95. The molecule has 0 spiro atoms. The van der Waals surface area contributed by atoms with Crippen LogP contribution in [0.2, 0.25) is 5.28 Å². The van der Waals surface area contributed by atoms with Gasteiger partial charge in [-0.2, -0.15) is 0 Å².